The van der Waals surface area contributed by atoms with Gasteiger partial charge in [0.2, 0.25) is 10.0 Å². The largest absolute Gasteiger partial charge is 0.459 e. The Hall–Kier alpha value is -1.66. The van der Waals surface area contributed by atoms with E-state index < -0.39 is 15.4 Å². The third-order valence-electron chi connectivity index (χ3n) is 10.5. The fourth-order valence-electron chi connectivity index (χ4n) is 8.24. The molecule has 0 saturated heterocycles. The first kappa shape index (κ1) is 26.9. The summed E-state index contributed by atoms with van der Waals surface area (Å²) in [6.07, 6.45) is 16.3. The molecule has 37 heavy (non-hydrogen) atoms. The van der Waals surface area contributed by atoms with Crippen molar-refractivity contribution in [1.82, 2.24) is 4.31 Å². The normalized spacial score (nSPS) is 30.8. The number of benzene rings is 1. The highest BCUT2D eigenvalue weighted by Gasteiger charge is 2.67. The summed E-state index contributed by atoms with van der Waals surface area (Å²) in [5.74, 6) is 0.124. The molecular weight excluding hydrogens is 482 g/mol. The summed E-state index contributed by atoms with van der Waals surface area (Å²) in [6.45, 7) is 4.44. The highest BCUT2D eigenvalue weighted by atomic mass is 32.2. The van der Waals surface area contributed by atoms with E-state index in [0.717, 1.165) is 76.2 Å². The molecule has 6 heteroatoms. The predicted octanol–water partition coefficient (Wildman–Crippen LogP) is 6.74. The van der Waals surface area contributed by atoms with Gasteiger partial charge in [0.25, 0.3) is 0 Å². The molecule has 0 aromatic heterocycles. The van der Waals surface area contributed by atoms with E-state index in [4.69, 9.17) is 4.74 Å². The molecule has 0 radical (unpaired) electrons. The summed E-state index contributed by atoms with van der Waals surface area (Å²) in [4.78, 5) is 12.9. The highest BCUT2D eigenvalue weighted by Crippen LogP contribution is 2.67. The summed E-state index contributed by atoms with van der Waals surface area (Å²) in [6, 6.07) is 9.99. The Morgan fingerprint density at radius 2 is 1.54 bits per heavy atom. The third-order valence-corrected chi connectivity index (χ3v) is 12.6. The van der Waals surface area contributed by atoms with Crippen LogP contribution in [0.3, 0.4) is 0 Å². The Bertz CT molecular complexity index is 1050. The van der Waals surface area contributed by atoms with Gasteiger partial charge in [-0.05, 0) is 67.9 Å². The zero-order valence-corrected chi connectivity index (χ0v) is 23.6. The van der Waals surface area contributed by atoms with Gasteiger partial charge in [-0.25, -0.2) is 13.2 Å². The topological polar surface area (TPSA) is 63.7 Å². The number of carbonyl (C=O) groups is 1. The van der Waals surface area contributed by atoms with Crippen LogP contribution in [-0.4, -0.2) is 42.6 Å². The van der Waals surface area contributed by atoms with Crippen molar-refractivity contribution in [2.24, 2.45) is 16.7 Å². The lowest BCUT2D eigenvalue weighted by molar-refractivity contribution is -0.150. The molecule has 0 unspecified atom stereocenters. The fraction of sp³-hybridized carbons (Fsp3) is 0.710. The first-order chi connectivity index (χ1) is 17.7. The maximum absolute atomic E-state index is 14.5. The molecule has 204 valence electrons. The van der Waals surface area contributed by atoms with Crippen LogP contribution in [-0.2, 0) is 19.6 Å². The number of nitrogens with zero attached hydrogens (tertiary/aromatic N) is 1. The van der Waals surface area contributed by atoms with Crippen molar-refractivity contribution in [1.29, 1.82) is 0 Å². The molecule has 4 aliphatic carbocycles. The van der Waals surface area contributed by atoms with E-state index >= 15 is 0 Å². The van der Waals surface area contributed by atoms with Crippen molar-refractivity contribution in [3.8, 4) is 0 Å². The number of fused-ring (bicyclic) bond motifs is 2. The molecular formula is C31H45NO4S. The minimum absolute atomic E-state index is 0.108. The van der Waals surface area contributed by atoms with E-state index in [1.54, 1.807) is 6.08 Å². The zero-order valence-electron chi connectivity index (χ0n) is 22.7. The van der Waals surface area contributed by atoms with Gasteiger partial charge in [0.05, 0.1) is 5.75 Å². The van der Waals surface area contributed by atoms with Crippen LogP contribution >= 0.6 is 0 Å². The smallest absolute Gasteiger partial charge is 0.331 e. The van der Waals surface area contributed by atoms with Crippen LogP contribution < -0.4 is 0 Å². The van der Waals surface area contributed by atoms with Gasteiger partial charge < -0.3 is 4.74 Å². The molecule has 4 aliphatic rings. The van der Waals surface area contributed by atoms with Crippen molar-refractivity contribution >= 4 is 22.1 Å². The van der Waals surface area contributed by atoms with Gasteiger partial charge in [-0.15, -0.1) is 0 Å². The van der Waals surface area contributed by atoms with Crippen LogP contribution in [0.15, 0.2) is 36.4 Å². The minimum Gasteiger partial charge on any atom is -0.459 e. The molecule has 5 nitrogen and oxygen atoms in total. The summed E-state index contributed by atoms with van der Waals surface area (Å²) < 4.78 is 37.0. The van der Waals surface area contributed by atoms with Gasteiger partial charge in [-0.3, -0.25) is 0 Å². The fourth-order valence-corrected chi connectivity index (χ4v) is 11.1. The SMILES string of the molecule is CC1(C)[C@@H]2CC[C@@]1(CS(=O)(=O)N(C1CCCCC1)C1CCCCC1)[C@H](OC(=O)/C=C/c1ccccc1)C2. The van der Waals surface area contributed by atoms with E-state index in [0.29, 0.717) is 5.92 Å². The predicted molar refractivity (Wildman–Crippen MR) is 148 cm³/mol. The number of ether oxygens (including phenoxy) is 1. The Kier molecular flexibility index (Phi) is 7.89. The molecule has 3 atom stereocenters. The Morgan fingerprint density at radius 3 is 2.11 bits per heavy atom. The first-order valence-corrected chi connectivity index (χ1v) is 16.3. The number of sulfonamides is 1. The monoisotopic (exact) mass is 527 g/mol. The maximum Gasteiger partial charge on any atom is 0.331 e. The number of rotatable bonds is 8. The average Bonchev–Trinajstić information content (AvgIpc) is 3.24. The summed E-state index contributed by atoms with van der Waals surface area (Å²) in [7, 11) is -3.52. The standard InChI is InChI=1S/C31H45NO4S/c1-30(2)25-20-21-31(30,28(22-25)36-29(33)19-18-24-12-6-3-7-13-24)23-37(34,35)32(26-14-8-4-9-15-26)27-16-10-5-11-17-27/h3,6-7,12-13,18-19,25-28H,4-5,8-11,14-17,20-23H2,1-2H3/b19-18+/t25-,28-,31-/m1/s1. The molecule has 2 bridgehead atoms. The molecule has 0 amide bonds. The van der Waals surface area contributed by atoms with E-state index in [1.165, 1.54) is 18.9 Å². The minimum atomic E-state index is -3.52. The molecule has 1 aromatic rings. The molecule has 4 saturated carbocycles. The molecule has 0 spiro atoms. The van der Waals surface area contributed by atoms with Crippen LogP contribution in [0, 0.1) is 16.7 Å². The maximum atomic E-state index is 14.5. The molecule has 0 N–H and O–H groups in total. The molecule has 1 aromatic carbocycles. The van der Waals surface area contributed by atoms with Crippen LogP contribution in [0.25, 0.3) is 6.08 Å². The van der Waals surface area contributed by atoms with Crippen LogP contribution in [0.4, 0.5) is 0 Å². The molecule has 0 aliphatic heterocycles. The number of hydrogen-bond donors (Lipinski definition) is 0. The highest BCUT2D eigenvalue weighted by molar-refractivity contribution is 7.89. The lowest BCUT2D eigenvalue weighted by Crippen LogP contribution is -2.54. The third kappa shape index (κ3) is 5.30. The number of carbonyl (C=O) groups excluding carboxylic acids is 1. The van der Waals surface area contributed by atoms with Gasteiger partial charge in [-0.2, -0.15) is 4.31 Å². The van der Waals surface area contributed by atoms with Crippen molar-refractivity contribution in [3.63, 3.8) is 0 Å². The lowest BCUT2D eigenvalue weighted by Gasteiger charge is -2.46. The van der Waals surface area contributed by atoms with Gasteiger partial charge in [0.1, 0.15) is 6.10 Å². The lowest BCUT2D eigenvalue weighted by atomic mass is 9.69. The molecule has 0 heterocycles. The summed E-state index contributed by atoms with van der Waals surface area (Å²) in [5, 5.41) is 0. The second-order valence-corrected chi connectivity index (χ2v) is 14.6. The molecule has 5 rings (SSSR count). The quantitative estimate of drug-likeness (QED) is 0.278. The van der Waals surface area contributed by atoms with Crippen LogP contribution in [0.2, 0.25) is 0 Å². The van der Waals surface area contributed by atoms with E-state index in [1.807, 2.05) is 34.6 Å². The van der Waals surface area contributed by atoms with E-state index in [-0.39, 0.29) is 35.3 Å². The number of hydrogen-bond acceptors (Lipinski definition) is 4. The van der Waals surface area contributed by atoms with Gasteiger partial charge in [0, 0.05) is 23.6 Å². The Labute approximate surface area is 224 Å². The molecule has 4 fully saturated rings. The first-order valence-electron chi connectivity index (χ1n) is 14.7. The Balaban J connectivity index is 1.39. The second kappa shape index (κ2) is 10.8. The van der Waals surface area contributed by atoms with Crippen molar-refractivity contribution < 1.29 is 17.9 Å². The average molecular weight is 528 g/mol. The van der Waals surface area contributed by atoms with Crippen molar-refractivity contribution in [2.45, 2.75) is 116 Å². The second-order valence-electron chi connectivity index (χ2n) is 12.7. The van der Waals surface area contributed by atoms with Crippen LogP contribution in [0.5, 0.6) is 0 Å². The summed E-state index contributed by atoms with van der Waals surface area (Å²) in [5.41, 5.74) is 0.230. The van der Waals surface area contributed by atoms with Crippen LogP contribution in [0.1, 0.15) is 103 Å². The Morgan fingerprint density at radius 1 is 0.946 bits per heavy atom. The van der Waals surface area contributed by atoms with E-state index in [2.05, 4.69) is 13.8 Å². The zero-order chi connectivity index (χ0) is 26.1. The number of esters is 1. The van der Waals surface area contributed by atoms with Gasteiger partial charge >= 0.3 is 5.97 Å². The van der Waals surface area contributed by atoms with Gasteiger partial charge in [-0.1, -0.05) is 82.7 Å². The van der Waals surface area contributed by atoms with Crippen molar-refractivity contribution in [2.75, 3.05) is 5.75 Å². The van der Waals surface area contributed by atoms with Gasteiger partial charge in [0.15, 0.2) is 0 Å². The summed E-state index contributed by atoms with van der Waals surface area (Å²) >= 11 is 0. The van der Waals surface area contributed by atoms with E-state index in [9.17, 15) is 13.2 Å². The van der Waals surface area contributed by atoms with Crippen molar-refractivity contribution in [3.05, 3.63) is 42.0 Å².